The van der Waals surface area contributed by atoms with E-state index >= 15 is 4.39 Å². The Hall–Kier alpha value is -2.95. The quantitative estimate of drug-likeness (QED) is 0.538. The van der Waals surface area contributed by atoms with E-state index in [9.17, 15) is 18.9 Å². The molecule has 5 rings (SSSR count). The van der Waals surface area contributed by atoms with Crippen LogP contribution in [-0.4, -0.2) is 46.5 Å². The number of ether oxygens (including phenoxy) is 3. The van der Waals surface area contributed by atoms with Gasteiger partial charge in [0.15, 0.2) is 12.3 Å². The van der Waals surface area contributed by atoms with Gasteiger partial charge in [0, 0.05) is 12.3 Å². The standard InChI is InChI=1S/C18H16FN2O9P/c19-18(9-26-31(25)8-6-10-3-1-2-4-11(10)30-31)14-13(27-17(24)28-14)15(29-18)21-7-5-12(22)20-16(21)23/h1-5,7,13-15H,6,8-9H2,(H,20,22,23)/t13-,14+,15-,18-,31?/m1/s1. The number of carbonyl (C=O) groups excluding carboxylic acids is 1. The van der Waals surface area contributed by atoms with Crippen LogP contribution in [0.2, 0.25) is 0 Å². The summed E-state index contributed by atoms with van der Waals surface area (Å²) in [7, 11) is -3.72. The second-order valence-electron chi connectivity index (χ2n) is 7.24. The summed E-state index contributed by atoms with van der Waals surface area (Å²) in [6.45, 7) is -0.904. The maximum absolute atomic E-state index is 15.7. The molecule has 1 N–H and O–H groups in total. The first-order chi connectivity index (χ1) is 14.8. The molecule has 1 unspecified atom stereocenters. The summed E-state index contributed by atoms with van der Waals surface area (Å²) in [4.78, 5) is 37.1. The van der Waals surface area contributed by atoms with E-state index in [0.29, 0.717) is 12.2 Å². The summed E-state index contributed by atoms with van der Waals surface area (Å²) in [5.74, 6) is -2.40. The van der Waals surface area contributed by atoms with Crippen LogP contribution in [0.3, 0.4) is 0 Å². The van der Waals surface area contributed by atoms with Crippen LogP contribution in [0.1, 0.15) is 11.8 Å². The van der Waals surface area contributed by atoms with Gasteiger partial charge in [0.05, 0.1) is 6.16 Å². The number of H-pyrrole nitrogens is 1. The van der Waals surface area contributed by atoms with Gasteiger partial charge < -0.3 is 18.7 Å². The van der Waals surface area contributed by atoms with Crippen molar-refractivity contribution in [1.82, 2.24) is 9.55 Å². The molecule has 2 aromatic rings. The summed E-state index contributed by atoms with van der Waals surface area (Å²) in [5.41, 5.74) is -0.720. The highest BCUT2D eigenvalue weighted by Crippen LogP contribution is 2.55. The Kier molecular flexibility index (Phi) is 4.54. The molecule has 0 bridgehead atoms. The van der Waals surface area contributed by atoms with Crippen LogP contribution < -0.4 is 15.8 Å². The molecule has 31 heavy (non-hydrogen) atoms. The number of carbonyl (C=O) groups is 1. The number of aryl methyl sites for hydroxylation is 1. The van der Waals surface area contributed by atoms with Crippen molar-refractivity contribution < 1.29 is 37.0 Å². The Morgan fingerprint density at radius 3 is 2.84 bits per heavy atom. The van der Waals surface area contributed by atoms with Gasteiger partial charge in [-0.05, 0) is 18.1 Å². The molecule has 0 radical (unpaired) electrons. The van der Waals surface area contributed by atoms with Crippen molar-refractivity contribution >= 4 is 13.8 Å². The van der Waals surface area contributed by atoms with Crippen molar-refractivity contribution in [3.63, 3.8) is 0 Å². The summed E-state index contributed by atoms with van der Waals surface area (Å²) < 4.78 is 55.6. The smallest absolute Gasteiger partial charge is 0.424 e. The lowest BCUT2D eigenvalue weighted by Crippen LogP contribution is -2.42. The maximum atomic E-state index is 15.7. The van der Waals surface area contributed by atoms with Gasteiger partial charge in [-0.3, -0.25) is 18.9 Å². The number of nitrogens with one attached hydrogen (secondary N) is 1. The highest BCUT2D eigenvalue weighted by Gasteiger charge is 2.65. The number of para-hydroxylation sites is 1. The van der Waals surface area contributed by atoms with Gasteiger partial charge in [-0.2, -0.15) is 0 Å². The molecule has 0 saturated carbocycles. The molecule has 2 fully saturated rings. The number of hydrogen-bond donors (Lipinski definition) is 1. The second kappa shape index (κ2) is 7.04. The van der Waals surface area contributed by atoms with Crippen molar-refractivity contribution in [3.05, 3.63) is 62.9 Å². The lowest BCUT2D eigenvalue weighted by molar-refractivity contribution is -0.207. The van der Waals surface area contributed by atoms with Gasteiger partial charge >= 0.3 is 19.4 Å². The zero-order valence-electron chi connectivity index (χ0n) is 15.8. The molecule has 0 aliphatic carbocycles. The van der Waals surface area contributed by atoms with Crippen LogP contribution >= 0.6 is 7.60 Å². The van der Waals surface area contributed by atoms with Crippen molar-refractivity contribution in [3.8, 4) is 5.75 Å². The number of benzene rings is 1. The summed E-state index contributed by atoms with van der Waals surface area (Å²) in [6.07, 6.45) is -4.02. The van der Waals surface area contributed by atoms with Crippen molar-refractivity contribution in [2.75, 3.05) is 12.8 Å². The zero-order valence-corrected chi connectivity index (χ0v) is 16.7. The number of aromatic amines is 1. The minimum Gasteiger partial charge on any atom is -0.424 e. The molecule has 3 aliphatic heterocycles. The number of halogens is 1. The van der Waals surface area contributed by atoms with E-state index < -0.39 is 55.9 Å². The summed E-state index contributed by atoms with van der Waals surface area (Å²) >= 11 is 0. The van der Waals surface area contributed by atoms with Gasteiger partial charge in [0.1, 0.15) is 12.4 Å². The number of aromatic nitrogens is 2. The molecule has 2 saturated heterocycles. The predicted molar refractivity (Wildman–Crippen MR) is 99.6 cm³/mol. The molecule has 0 spiro atoms. The normalized spacial score (nSPS) is 33.7. The summed E-state index contributed by atoms with van der Waals surface area (Å²) in [5, 5.41) is 0. The molecule has 5 atom stereocenters. The molecule has 4 heterocycles. The molecular weight excluding hydrogens is 438 g/mol. The first-order valence-corrected chi connectivity index (χ1v) is 11.1. The first kappa shape index (κ1) is 20.0. The molecule has 11 nitrogen and oxygen atoms in total. The van der Waals surface area contributed by atoms with E-state index in [1.807, 2.05) is 17.1 Å². The average molecular weight is 454 g/mol. The third-order valence-electron chi connectivity index (χ3n) is 5.22. The number of fused-ring (bicyclic) bond motifs is 2. The fourth-order valence-corrected chi connectivity index (χ4v) is 5.37. The van der Waals surface area contributed by atoms with Gasteiger partial charge in [-0.15, -0.1) is 0 Å². The molecular formula is C18H16FN2O9P. The van der Waals surface area contributed by atoms with Crippen LogP contribution in [-0.2, 0) is 29.7 Å². The largest absolute Gasteiger partial charge is 0.509 e. The molecule has 1 aromatic heterocycles. The Bertz CT molecular complexity index is 1210. The Balaban J connectivity index is 1.39. The Morgan fingerprint density at radius 2 is 2.03 bits per heavy atom. The van der Waals surface area contributed by atoms with Crippen molar-refractivity contribution in [1.29, 1.82) is 0 Å². The number of rotatable bonds is 4. The third-order valence-corrected chi connectivity index (χ3v) is 6.99. The van der Waals surface area contributed by atoms with E-state index in [0.717, 1.165) is 22.4 Å². The summed E-state index contributed by atoms with van der Waals surface area (Å²) in [6, 6.07) is 8.00. The van der Waals surface area contributed by atoms with Crippen LogP contribution in [0.25, 0.3) is 0 Å². The van der Waals surface area contributed by atoms with E-state index in [1.54, 1.807) is 12.1 Å². The maximum Gasteiger partial charge on any atom is 0.509 e. The van der Waals surface area contributed by atoms with Crippen molar-refractivity contribution in [2.24, 2.45) is 0 Å². The fraction of sp³-hybridized carbons (Fsp3) is 0.389. The third kappa shape index (κ3) is 3.46. The lowest BCUT2D eigenvalue weighted by atomic mass is 10.1. The van der Waals surface area contributed by atoms with E-state index in [1.165, 1.54) is 0 Å². The Labute approximate surface area is 173 Å². The molecule has 13 heteroatoms. The highest BCUT2D eigenvalue weighted by molar-refractivity contribution is 7.54. The van der Waals surface area contributed by atoms with E-state index in [2.05, 4.69) is 0 Å². The van der Waals surface area contributed by atoms with Crippen LogP contribution in [0.15, 0.2) is 46.1 Å². The monoisotopic (exact) mass is 454 g/mol. The predicted octanol–water partition coefficient (Wildman–Crippen LogP) is 1.48. The van der Waals surface area contributed by atoms with Gasteiger partial charge in [-0.25, -0.2) is 18.5 Å². The van der Waals surface area contributed by atoms with Crippen LogP contribution in [0, 0.1) is 0 Å². The van der Waals surface area contributed by atoms with Crippen LogP contribution in [0.5, 0.6) is 5.75 Å². The molecule has 0 amide bonds. The number of alkyl halides is 1. The molecule has 3 aliphatic rings. The fourth-order valence-electron chi connectivity index (χ4n) is 3.74. The van der Waals surface area contributed by atoms with E-state index in [-0.39, 0.29) is 6.16 Å². The topological polar surface area (TPSA) is 135 Å². The average Bonchev–Trinajstić information content (AvgIpc) is 3.24. The Morgan fingerprint density at radius 1 is 1.23 bits per heavy atom. The minimum absolute atomic E-state index is 0.0211. The van der Waals surface area contributed by atoms with Gasteiger partial charge in [0.25, 0.3) is 11.4 Å². The number of hydrogen-bond acceptors (Lipinski definition) is 9. The van der Waals surface area contributed by atoms with Crippen molar-refractivity contribution in [2.45, 2.75) is 30.7 Å². The highest BCUT2D eigenvalue weighted by atomic mass is 31.2. The SMILES string of the molecule is O=C1O[C@H]2[C@H](n3ccc(=O)[nH]c3=O)O[C@](F)(COP3(=O)CCc4ccccc4O3)[C@H]2O1. The molecule has 164 valence electrons. The second-order valence-corrected chi connectivity index (χ2v) is 9.35. The van der Waals surface area contributed by atoms with Crippen LogP contribution in [0.4, 0.5) is 9.18 Å². The first-order valence-electron chi connectivity index (χ1n) is 9.33. The number of nitrogens with zero attached hydrogens (tertiary/aromatic N) is 1. The molecule has 1 aromatic carbocycles. The van der Waals surface area contributed by atoms with E-state index in [4.69, 9.17) is 23.3 Å². The van der Waals surface area contributed by atoms with Gasteiger partial charge in [0.2, 0.25) is 6.10 Å². The lowest BCUT2D eigenvalue weighted by Gasteiger charge is -2.29. The van der Waals surface area contributed by atoms with Gasteiger partial charge in [-0.1, -0.05) is 18.2 Å². The zero-order chi connectivity index (χ0) is 21.8. The minimum atomic E-state index is -3.72.